The van der Waals surface area contributed by atoms with Crippen molar-refractivity contribution in [3.05, 3.63) is 29.3 Å². The van der Waals surface area contributed by atoms with Crippen LogP contribution in [0.1, 0.15) is 51.0 Å². The number of piperidine rings is 2. The van der Waals surface area contributed by atoms with Crippen molar-refractivity contribution in [2.45, 2.75) is 52.0 Å². The zero-order valence-electron chi connectivity index (χ0n) is 16.7. The minimum Gasteiger partial charge on any atom is -0.341 e. The van der Waals surface area contributed by atoms with E-state index in [4.69, 9.17) is 4.98 Å². The van der Waals surface area contributed by atoms with Crippen LogP contribution in [0.15, 0.2) is 24.3 Å². The van der Waals surface area contributed by atoms with Gasteiger partial charge in [-0.2, -0.15) is 0 Å². The summed E-state index contributed by atoms with van der Waals surface area (Å²) in [7, 11) is 0. The molecule has 0 saturated carbocycles. The monoisotopic (exact) mass is 385 g/mol. The number of para-hydroxylation sites is 1. The summed E-state index contributed by atoms with van der Waals surface area (Å²) in [4.78, 5) is 22.5. The topological polar surface area (TPSA) is 36.4 Å². The Morgan fingerprint density at radius 3 is 2.67 bits per heavy atom. The van der Waals surface area contributed by atoms with Gasteiger partial charge in [-0.25, -0.2) is 4.98 Å². The Morgan fingerprint density at radius 2 is 1.93 bits per heavy atom. The number of rotatable bonds is 3. The molecule has 0 unspecified atom stereocenters. The van der Waals surface area contributed by atoms with Gasteiger partial charge in [0.2, 0.25) is 5.91 Å². The van der Waals surface area contributed by atoms with Gasteiger partial charge < -0.3 is 4.90 Å². The van der Waals surface area contributed by atoms with E-state index in [1.54, 1.807) is 0 Å². The van der Waals surface area contributed by atoms with E-state index in [2.05, 4.69) is 54.8 Å². The van der Waals surface area contributed by atoms with Crippen LogP contribution < -0.4 is 0 Å². The van der Waals surface area contributed by atoms with E-state index >= 15 is 0 Å². The number of fused-ring (bicyclic) bond motifs is 1. The molecule has 2 fully saturated rings. The summed E-state index contributed by atoms with van der Waals surface area (Å²) in [5, 5.41) is 1.24. The molecular formula is C22H31N3OS. The van der Waals surface area contributed by atoms with Crippen molar-refractivity contribution < 1.29 is 4.79 Å². The number of hydrogen-bond acceptors (Lipinski definition) is 4. The van der Waals surface area contributed by atoms with Crippen molar-refractivity contribution in [2.24, 2.45) is 11.8 Å². The predicted molar refractivity (Wildman–Crippen MR) is 112 cm³/mol. The number of carbonyl (C=O) groups is 1. The van der Waals surface area contributed by atoms with Gasteiger partial charge in [0.15, 0.2) is 0 Å². The van der Waals surface area contributed by atoms with Crippen LogP contribution in [-0.2, 0) is 4.79 Å². The summed E-state index contributed by atoms with van der Waals surface area (Å²) in [6.07, 6.45) is 3.56. The standard InChI is InChI=1S/C22H31N3OS/c1-15-11-16(2)13-25(12-15)22(26)17(3)24-10-6-7-18(14-24)21-23-19-8-4-5-9-20(19)27-21/h4-5,8-9,15-18H,6-7,10-14H2,1-3H3/t15-,16+,17-,18+/m1/s1. The smallest absolute Gasteiger partial charge is 0.239 e. The lowest BCUT2D eigenvalue weighted by atomic mass is 9.91. The molecule has 0 N–H and O–H groups in total. The van der Waals surface area contributed by atoms with E-state index in [0.29, 0.717) is 23.7 Å². The third-order valence-corrected chi connectivity index (χ3v) is 7.40. The highest BCUT2D eigenvalue weighted by Gasteiger charge is 2.34. The van der Waals surface area contributed by atoms with Gasteiger partial charge in [-0.1, -0.05) is 26.0 Å². The third kappa shape index (κ3) is 4.04. The Hall–Kier alpha value is -1.46. The van der Waals surface area contributed by atoms with Crippen LogP contribution in [0.25, 0.3) is 10.2 Å². The maximum absolute atomic E-state index is 13.1. The molecule has 5 heteroatoms. The molecule has 1 amide bonds. The van der Waals surface area contributed by atoms with Crippen molar-refractivity contribution in [1.29, 1.82) is 0 Å². The molecular weight excluding hydrogens is 354 g/mol. The second kappa shape index (κ2) is 7.88. The Bertz CT molecular complexity index is 761. The summed E-state index contributed by atoms with van der Waals surface area (Å²) in [5.74, 6) is 1.99. The molecule has 2 saturated heterocycles. The number of likely N-dealkylation sites (tertiary alicyclic amines) is 2. The first-order valence-electron chi connectivity index (χ1n) is 10.4. The van der Waals surface area contributed by atoms with Crippen molar-refractivity contribution in [3.63, 3.8) is 0 Å². The lowest BCUT2D eigenvalue weighted by Crippen LogP contribution is -2.53. The number of carbonyl (C=O) groups excluding carboxylic acids is 1. The normalized spacial score (nSPS) is 28.4. The number of thiazole rings is 1. The van der Waals surface area contributed by atoms with E-state index < -0.39 is 0 Å². The highest BCUT2D eigenvalue weighted by atomic mass is 32.1. The zero-order valence-corrected chi connectivity index (χ0v) is 17.5. The van der Waals surface area contributed by atoms with Crippen LogP contribution in [0.4, 0.5) is 0 Å². The molecule has 4 rings (SSSR count). The molecule has 0 radical (unpaired) electrons. The number of aromatic nitrogens is 1. The average molecular weight is 386 g/mol. The Kier molecular flexibility index (Phi) is 5.51. The van der Waals surface area contributed by atoms with Crippen LogP contribution >= 0.6 is 11.3 Å². The molecule has 2 aliphatic heterocycles. The van der Waals surface area contributed by atoms with Crippen molar-refractivity contribution in [1.82, 2.24) is 14.8 Å². The molecule has 2 aromatic rings. The molecule has 1 aromatic carbocycles. The SMILES string of the molecule is C[C@@H]1C[C@H](C)CN(C(=O)[C@@H](C)N2CCC[C@H](c3nc4ccccc4s3)C2)C1. The second-order valence-electron chi connectivity index (χ2n) is 8.72. The Balaban J connectivity index is 1.44. The summed E-state index contributed by atoms with van der Waals surface area (Å²) in [5.41, 5.74) is 1.11. The molecule has 0 aliphatic carbocycles. The number of hydrogen-bond donors (Lipinski definition) is 0. The van der Waals surface area contributed by atoms with Gasteiger partial charge in [0, 0.05) is 25.6 Å². The first-order chi connectivity index (χ1) is 13.0. The summed E-state index contributed by atoms with van der Waals surface area (Å²) >= 11 is 1.82. The van der Waals surface area contributed by atoms with Gasteiger partial charge >= 0.3 is 0 Å². The van der Waals surface area contributed by atoms with Gasteiger partial charge in [0.25, 0.3) is 0 Å². The fourth-order valence-electron chi connectivity index (χ4n) is 4.89. The molecule has 2 aliphatic rings. The third-order valence-electron chi connectivity index (χ3n) is 6.20. The molecule has 0 spiro atoms. The van der Waals surface area contributed by atoms with Gasteiger partial charge in [-0.05, 0) is 56.7 Å². The largest absolute Gasteiger partial charge is 0.341 e. The molecule has 0 bridgehead atoms. The van der Waals surface area contributed by atoms with Crippen LogP contribution in [0.5, 0.6) is 0 Å². The van der Waals surface area contributed by atoms with Gasteiger partial charge in [0.05, 0.1) is 21.3 Å². The van der Waals surface area contributed by atoms with E-state index in [1.807, 2.05) is 11.3 Å². The van der Waals surface area contributed by atoms with Crippen LogP contribution in [0, 0.1) is 11.8 Å². The lowest BCUT2D eigenvalue weighted by molar-refractivity contribution is -0.139. The molecule has 1 aromatic heterocycles. The summed E-state index contributed by atoms with van der Waals surface area (Å²) < 4.78 is 1.27. The molecule has 4 atom stereocenters. The second-order valence-corrected chi connectivity index (χ2v) is 9.78. The summed E-state index contributed by atoms with van der Waals surface area (Å²) in [6, 6.07) is 8.36. The van der Waals surface area contributed by atoms with Crippen LogP contribution in [-0.4, -0.2) is 52.9 Å². The Labute approximate surface area is 166 Å². The van der Waals surface area contributed by atoms with Crippen molar-refractivity contribution >= 4 is 27.5 Å². The van der Waals surface area contributed by atoms with Gasteiger partial charge in [0.1, 0.15) is 0 Å². The highest BCUT2D eigenvalue weighted by Crippen LogP contribution is 2.34. The quantitative estimate of drug-likeness (QED) is 0.787. The zero-order chi connectivity index (χ0) is 19.0. The molecule has 146 valence electrons. The highest BCUT2D eigenvalue weighted by molar-refractivity contribution is 7.18. The van der Waals surface area contributed by atoms with Crippen molar-refractivity contribution in [3.8, 4) is 0 Å². The van der Waals surface area contributed by atoms with Crippen LogP contribution in [0.2, 0.25) is 0 Å². The van der Waals surface area contributed by atoms with E-state index in [-0.39, 0.29) is 6.04 Å². The maximum Gasteiger partial charge on any atom is 0.239 e. The number of benzene rings is 1. The van der Waals surface area contributed by atoms with E-state index in [9.17, 15) is 4.79 Å². The fourth-order valence-corrected chi connectivity index (χ4v) is 5.98. The maximum atomic E-state index is 13.1. The minimum absolute atomic E-state index is 0.0281. The lowest BCUT2D eigenvalue weighted by Gasteiger charge is -2.40. The van der Waals surface area contributed by atoms with E-state index in [1.165, 1.54) is 22.5 Å². The molecule has 4 nitrogen and oxygen atoms in total. The molecule has 27 heavy (non-hydrogen) atoms. The summed E-state index contributed by atoms with van der Waals surface area (Å²) in [6.45, 7) is 10.5. The molecule has 3 heterocycles. The first-order valence-corrected chi connectivity index (χ1v) is 11.2. The number of amides is 1. The van der Waals surface area contributed by atoms with Crippen LogP contribution in [0.3, 0.4) is 0 Å². The van der Waals surface area contributed by atoms with Gasteiger partial charge in [-0.3, -0.25) is 9.69 Å². The van der Waals surface area contributed by atoms with E-state index in [0.717, 1.165) is 38.1 Å². The van der Waals surface area contributed by atoms with Crippen molar-refractivity contribution in [2.75, 3.05) is 26.2 Å². The fraction of sp³-hybridized carbons (Fsp3) is 0.636. The average Bonchev–Trinajstić information content (AvgIpc) is 3.10. The number of nitrogens with zero attached hydrogens (tertiary/aromatic N) is 3. The Morgan fingerprint density at radius 1 is 1.19 bits per heavy atom. The first kappa shape index (κ1) is 18.9. The van der Waals surface area contributed by atoms with Gasteiger partial charge in [-0.15, -0.1) is 11.3 Å². The predicted octanol–water partition coefficient (Wildman–Crippen LogP) is 4.37. The minimum atomic E-state index is -0.0281.